The van der Waals surface area contributed by atoms with Gasteiger partial charge in [0.15, 0.2) is 5.78 Å². The number of rotatable bonds is 2. The molecule has 0 bridgehead atoms. The summed E-state index contributed by atoms with van der Waals surface area (Å²) in [6.07, 6.45) is 0. The minimum atomic E-state index is -0.0521. The molecule has 0 fully saturated rings. The van der Waals surface area contributed by atoms with E-state index in [4.69, 9.17) is 17.3 Å². The molecule has 0 aliphatic heterocycles. The fraction of sp³-hybridized carbons (Fsp3) is 0.0833. The summed E-state index contributed by atoms with van der Waals surface area (Å²) in [7, 11) is 0. The van der Waals surface area contributed by atoms with Crippen LogP contribution in [-0.4, -0.2) is 5.78 Å². The SMILES string of the molecule is Cc1cscc1C(=O)c1ccc(N)cc1Cl. The Hall–Kier alpha value is -1.32. The van der Waals surface area contributed by atoms with E-state index in [2.05, 4.69) is 0 Å². The second-order valence-electron chi connectivity index (χ2n) is 3.54. The summed E-state index contributed by atoms with van der Waals surface area (Å²) in [6.45, 7) is 1.91. The van der Waals surface area contributed by atoms with Crippen molar-refractivity contribution in [3.8, 4) is 0 Å². The van der Waals surface area contributed by atoms with Gasteiger partial charge in [-0.1, -0.05) is 11.6 Å². The van der Waals surface area contributed by atoms with Crippen LogP contribution in [0.15, 0.2) is 29.0 Å². The van der Waals surface area contributed by atoms with Gasteiger partial charge in [0, 0.05) is 22.2 Å². The van der Waals surface area contributed by atoms with Gasteiger partial charge in [-0.25, -0.2) is 0 Å². The van der Waals surface area contributed by atoms with Gasteiger partial charge < -0.3 is 5.73 Å². The maximum atomic E-state index is 12.1. The molecule has 0 saturated carbocycles. The van der Waals surface area contributed by atoms with Crippen molar-refractivity contribution < 1.29 is 4.79 Å². The molecule has 2 nitrogen and oxygen atoms in total. The van der Waals surface area contributed by atoms with Crippen molar-refractivity contribution in [2.45, 2.75) is 6.92 Å². The number of nitrogen functional groups attached to an aromatic ring is 1. The Kier molecular flexibility index (Phi) is 2.99. The van der Waals surface area contributed by atoms with Crippen molar-refractivity contribution in [2.24, 2.45) is 0 Å². The van der Waals surface area contributed by atoms with Gasteiger partial charge in [-0.2, -0.15) is 11.3 Å². The first-order valence-corrected chi connectivity index (χ1v) is 6.04. The van der Waals surface area contributed by atoms with Crippen LogP contribution < -0.4 is 5.73 Å². The minimum absolute atomic E-state index is 0.0521. The van der Waals surface area contributed by atoms with Gasteiger partial charge in [0.1, 0.15) is 0 Å². The largest absolute Gasteiger partial charge is 0.399 e. The highest BCUT2D eigenvalue weighted by Crippen LogP contribution is 2.24. The van der Waals surface area contributed by atoms with Crippen LogP contribution in [0, 0.1) is 6.92 Å². The maximum absolute atomic E-state index is 12.1. The standard InChI is InChI=1S/C12H10ClNOS/c1-7-5-16-6-10(7)12(15)9-3-2-8(14)4-11(9)13/h2-6H,14H2,1H3. The van der Waals surface area contributed by atoms with E-state index in [0.29, 0.717) is 21.8 Å². The predicted molar refractivity (Wildman–Crippen MR) is 68.4 cm³/mol. The quantitative estimate of drug-likeness (QED) is 0.656. The maximum Gasteiger partial charge on any atom is 0.195 e. The van der Waals surface area contributed by atoms with Gasteiger partial charge in [-0.3, -0.25) is 4.79 Å². The molecule has 0 aliphatic rings. The van der Waals surface area contributed by atoms with E-state index in [1.165, 1.54) is 11.3 Å². The van der Waals surface area contributed by atoms with Crippen LogP contribution in [0.25, 0.3) is 0 Å². The number of ketones is 1. The molecule has 1 aromatic carbocycles. The Morgan fingerprint density at radius 3 is 2.62 bits per heavy atom. The molecule has 0 unspecified atom stereocenters. The number of carbonyl (C=O) groups excluding carboxylic acids is 1. The van der Waals surface area contributed by atoms with Gasteiger partial charge in [-0.15, -0.1) is 0 Å². The summed E-state index contributed by atoms with van der Waals surface area (Å²) in [5.74, 6) is -0.0521. The average Bonchev–Trinajstić information content (AvgIpc) is 2.63. The highest BCUT2D eigenvalue weighted by atomic mass is 35.5. The zero-order valence-electron chi connectivity index (χ0n) is 8.66. The summed E-state index contributed by atoms with van der Waals surface area (Å²) < 4.78 is 0. The number of benzene rings is 1. The lowest BCUT2D eigenvalue weighted by atomic mass is 10.0. The lowest BCUT2D eigenvalue weighted by molar-refractivity contribution is 0.103. The van der Waals surface area contributed by atoms with E-state index >= 15 is 0 Å². The van der Waals surface area contributed by atoms with Crippen molar-refractivity contribution in [2.75, 3.05) is 5.73 Å². The van der Waals surface area contributed by atoms with E-state index in [0.717, 1.165) is 5.56 Å². The Labute approximate surface area is 103 Å². The average molecular weight is 252 g/mol. The molecule has 0 radical (unpaired) electrons. The first kappa shape index (κ1) is 11.2. The van der Waals surface area contributed by atoms with Crippen LogP contribution in [0.2, 0.25) is 5.02 Å². The molecule has 4 heteroatoms. The monoisotopic (exact) mass is 251 g/mol. The third-order valence-corrected chi connectivity index (χ3v) is 3.51. The number of anilines is 1. The second kappa shape index (κ2) is 4.28. The third-order valence-electron chi connectivity index (χ3n) is 2.34. The van der Waals surface area contributed by atoms with E-state index in [1.807, 2.05) is 17.7 Å². The van der Waals surface area contributed by atoms with E-state index in [-0.39, 0.29) is 5.78 Å². The molecule has 2 rings (SSSR count). The topological polar surface area (TPSA) is 43.1 Å². The summed E-state index contributed by atoms with van der Waals surface area (Å²) in [6, 6.07) is 4.94. The molecule has 2 aromatic rings. The van der Waals surface area contributed by atoms with Crippen LogP contribution in [0.3, 0.4) is 0 Å². The fourth-order valence-corrected chi connectivity index (χ4v) is 2.56. The van der Waals surface area contributed by atoms with Crippen LogP contribution in [0.4, 0.5) is 5.69 Å². The lowest BCUT2D eigenvalue weighted by Gasteiger charge is -2.04. The molecular weight excluding hydrogens is 242 g/mol. The highest BCUT2D eigenvalue weighted by Gasteiger charge is 2.15. The van der Waals surface area contributed by atoms with E-state index in [9.17, 15) is 4.79 Å². The van der Waals surface area contributed by atoms with Crippen molar-refractivity contribution in [1.29, 1.82) is 0 Å². The Morgan fingerprint density at radius 2 is 2.06 bits per heavy atom. The molecule has 0 aliphatic carbocycles. The van der Waals surface area contributed by atoms with E-state index < -0.39 is 0 Å². The van der Waals surface area contributed by atoms with E-state index in [1.54, 1.807) is 18.2 Å². The van der Waals surface area contributed by atoms with Crippen LogP contribution in [-0.2, 0) is 0 Å². The number of aryl methyl sites for hydroxylation is 1. The number of halogens is 1. The summed E-state index contributed by atoms with van der Waals surface area (Å²) >= 11 is 7.51. The molecule has 2 N–H and O–H groups in total. The number of carbonyl (C=O) groups is 1. The summed E-state index contributed by atoms with van der Waals surface area (Å²) in [5, 5.41) is 4.18. The zero-order valence-corrected chi connectivity index (χ0v) is 10.2. The van der Waals surface area contributed by atoms with Gasteiger partial charge in [-0.05, 0) is 36.1 Å². The molecule has 0 amide bonds. The Balaban J connectivity index is 2.46. The smallest absolute Gasteiger partial charge is 0.195 e. The minimum Gasteiger partial charge on any atom is -0.399 e. The summed E-state index contributed by atoms with van der Waals surface area (Å²) in [5.41, 5.74) is 8.32. The second-order valence-corrected chi connectivity index (χ2v) is 4.69. The fourth-order valence-electron chi connectivity index (χ4n) is 1.45. The van der Waals surface area contributed by atoms with Gasteiger partial charge in [0.2, 0.25) is 0 Å². The van der Waals surface area contributed by atoms with Crippen molar-refractivity contribution in [3.63, 3.8) is 0 Å². The highest BCUT2D eigenvalue weighted by molar-refractivity contribution is 7.08. The molecule has 82 valence electrons. The molecular formula is C12H10ClNOS. The number of nitrogens with two attached hydrogens (primary N) is 1. The molecule has 0 saturated heterocycles. The van der Waals surface area contributed by atoms with Crippen LogP contribution in [0.5, 0.6) is 0 Å². The Morgan fingerprint density at radius 1 is 1.31 bits per heavy atom. The number of hydrogen-bond donors (Lipinski definition) is 1. The lowest BCUT2D eigenvalue weighted by Crippen LogP contribution is -2.02. The molecule has 1 heterocycles. The normalized spacial score (nSPS) is 10.4. The van der Waals surface area contributed by atoms with Crippen molar-refractivity contribution in [3.05, 3.63) is 50.7 Å². The molecule has 0 spiro atoms. The number of hydrogen-bond acceptors (Lipinski definition) is 3. The zero-order chi connectivity index (χ0) is 11.7. The van der Waals surface area contributed by atoms with Crippen molar-refractivity contribution >= 4 is 34.4 Å². The number of thiophene rings is 1. The predicted octanol–water partition coefficient (Wildman–Crippen LogP) is 3.52. The van der Waals surface area contributed by atoms with Crippen LogP contribution in [0.1, 0.15) is 21.5 Å². The molecule has 1 aromatic heterocycles. The molecule has 16 heavy (non-hydrogen) atoms. The summed E-state index contributed by atoms with van der Waals surface area (Å²) in [4.78, 5) is 12.1. The third kappa shape index (κ3) is 1.96. The first-order chi connectivity index (χ1) is 7.59. The van der Waals surface area contributed by atoms with Crippen LogP contribution >= 0.6 is 22.9 Å². The molecule has 0 atom stereocenters. The van der Waals surface area contributed by atoms with Gasteiger partial charge >= 0.3 is 0 Å². The Bertz CT molecular complexity index is 548. The van der Waals surface area contributed by atoms with Gasteiger partial charge in [0.05, 0.1) is 5.02 Å². The first-order valence-electron chi connectivity index (χ1n) is 4.72. The van der Waals surface area contributed by atoms with Gasteiger partial charge in [0.25, 0.3) is 0 Å². The van der Waals surface area contributed by atoms with Crippen molar-refractivity contribution in [1.82, 2.24) is 0 Å².